The number of piperidine rings is 1. The lowest BCUT2D eigenvalue weighted by molar-refractivity contribution is -0.126. The Hall–Kier alpha value is -1.73. The number of nitrogens with one attached hydrogen (secondary N) is 1. The molecule has 6 nitrogen and oxygen atoms in total. The van der Waals surface area contributed by atoms with Crippen molar-refractivity contribution in [1.82, 2.24) is 20.2 Å². The van der Waals surface area contributed by atoms with Gasteiger partial charge >= 0.3 is 0 Å². The number of rotatable bonds is 6. The number of nitrogens with zero attached hydrogens (tertiary/aromatic N) is 4. The molecule has 0 atom stereocenters. The largest absolute Gasteiger partial charge is 0.356 e. The summed E-state index contributed by atoms with van der Waals surface area (Å²) in [6.07, 6.45) is 3.40. The van der Waals surface area contributed by atoms with Crippen LogP contribution in [0.3, 0.4) is 0 Å². The Bertz CT molecular complexity index is 837. The van der Waals surface area contributed by atoms with E-state index in [1.807, 2.05) is 0 Å². The summed E-state index contributed by atoms with van der Waals surface area (Å²) in [5.74, 6) is 1.31. The van der Waals surface area contributed by atoms with E-state index in [-0.39, 0.29) is 17.2 Å². The zero-order valence-corrected chi connectivity index (χ0v) is 18.8. The van der Waals surface area contributed by atoms with Crippen LogP contribution in [0.2, 0.25) is 0 Å². The van der Waals surface area contributed by atoms with E-state index in [4.69, 9.17) is 0 Å². The van der Waals surface area contributed by atoms with E-state index in [1.54, 1.807) is 17.7 Å². The summed E-state index contributed by atoms with van der Waals surface area (Å²) in [5.41, 5.74) is 1.35. The summed E-state index contributed by atoms with van der Waals surface area (Å²) < 4.78 is 0. The molecular formula is C21H33N5OS. The van der Waals surface area contributed by atoms with E-state index in [1.165, 1.54) is 15.8 Å². The van der Waals surface area contributed by atoms with Gasteiger partial charge < -0.3 is 15.1 Å². The van der Waals surface area contributed by atoms with Gasteiger partial charge in [-0.3, -0.25) is 4.79 Å². The second-order valence-electron chi connectivity index (χ2n) is 9.04. The maximum atomic E-state index is 12.7. The number of aryl methyl sites for hydroxylation is 2. The van der Waals surface area contributed by atoms with Gasteiger partial charge in [-0.2, -0.15) is 0 Å². The molecule has 0 bridgehead atoms. The average molecular weight is 404 g/mol. The molecule has 154 valence electrons. The maximum absolute atomic E-state index is 12.7. The molecule has 1 amide bonds. The van der Waals surface area contributed by atoms with E-state index in [2.05, 4.69) is 66.9 Å². The summed E-state index contributed by atoms with van der Waals surface area (Å²) in [4.78, 5) is 28.6. The number of hydrogen-bond donors (Lipinski definition) is 1. The highest BCUT2D eigenvalue weighted by Gasteiger charge is 2.28. The summed E-state index contributed by atoms with van der Waals surface area (Å²) in [7, 11) is 4.14. The van der Waals surface area contributed by atoms with E-state index in [9.17, 15) is 4.79 Å². The Morgan fingerprint density at radius 3 is 2.61 bits per heavy atom. The monoisotopic (exact) mass is 403 g/mol. The van der Waals surface area contributed by atoms with E-state index < -0.39 is 0 Å². The molecule has 7 heteroatoms. The van der Waals surface area contributed by atoms with Crippen LogP contribution >= 0.6 is 11.3 Å². The minimum Gasteiger partial charge on any atom is -0.356 e. The first-order valence-electron chi connectivity index (χ1n) is 10.1. The molecule has 1 N–H and O–H groups in total. The lowest BCUT2D eigenvalue weighted by Crippen LogP contribution is -2.45. The lowest BCUT2D eigenvalue weighted by Gasteiger charge is -2.34. The van der Waals surface area contributed by atoms with Crippen molar-refractivity contribution >= 4 is 33.3 Å². The zero-order valence-electron chi connectivity index (χ0n) is 18.0. The SMILES string of the molecule is Cc1sc2ncnc(N3CCC(C(=O)NCC(C)(C)CN(C)C)CC3)c2c1C. The third-order valence-corrected chi connectivity index (χ3v) is 6.71. The molecule has 1 aliphatic heterocycles. The maximum Gasteiger partial charge on any atom is 0.223 e. The third-order valence-electron chi connectivity index (χ3n) is 5.60. The lowest BCUT2D eigenvalue weighted by atomic mass is 9.91. The second kappa shape index (κ2) is 8.33. The highest BCUT2D eigenvalue weighted by Crippen LogP contribution is 2.35. The van der Waals surface area contributed by atoms with E-state index in [0.29, 0.717) is 6.54 Å². The highest BCUT2D eigenvalue weighted by molar-refractivity contribution is 7.18. The minimum atomic E-state index is 0.0702. The second-order valence-corrected chi connectivity index (χ2v) is 10.2. The van der Waals surface area contributed by atoms with Crippen LogP contribution in [-0.2, 0) is 4.79 Å². The smallest absolute Gasteiger partial charge is 0.223 e. The van der Waals surface area contributed by atoms with Crippen LogP contribution in [0.25, 0.3) is 10.2 Å². The number of amides is 1. The summed E-state index contributed by atoms with van der Waals surface area (Å²) >= 11 is 1.73. The predicted octanol–water partition coefficient (Wildman–Crippen LogP) is 3.23. The van der Waals surface area contributed by atoms with Crippen molar-refractivity contribution in [3.8, 4) is 0 Å². The van der Waals surface area contributed by atoms with Crippen molar-refractivity contribution in [2.75, 3.05) is 45.2 Å². The van der Waals surface area contributed by atoms with Crippen LogP contribution in [0, 0.1) is 25.2 Å². The number of aromatic nitrogens is 2. The quantitative estimate of drug-likeness (QED) is 0.802. The Balaban J connectivity index is 1.60. The van der Waals surface area contributed by atoms with Gasteiger partial charge in [-0.05, 0) is 51.8 Å². The molecule has 3 heterocycles. The van der Waals surface area contributed by atoms with Gasteiger partial charge in [0.1, 0.15) is 17.0 Å². The Kier molecular flexibility index (Phi) is 6.25. The summed E-state index contributed by atoms with van der Waals surface area (Å²) in [6, 6.07) is 0. The number of hydrogen-bond acceptors (Lipinski definition) is 6. The molecule has 0 aliphatic carbocycles. The van der Waals surface area contributed by atoms with E-state index >= 15 is 0 Å². The number of carbonyl (C=O) groups is 1. The van der Waals surface area contributed by atoms with Crippen LogP contribution < -0.4 is 10.2 Å². The molecule has 1 saturated heterocycles. The summed E-state index contributed by atoms with van der Waals surface area (Å²) in [5, 5.41) is 4.37. The van der Waals surface area contributed by atoms with Crippen molar-refractivity contribution in [2.24, 2.45) is 11.3 Å². The topological polar surface area (TPSA) is 61.4 Å². The molecule has 2 aromatic rings. The molecule has 0 radical (unpaired) electrons. The molecule has 1 fully saturated rings. The fourth-order valence-electron chi connectivity index (χ4n) is 4.14. The van der Waals surface area contributed by atoms with Crippen molar-refractivity contribution < 1.29 is 4.79 Å². The molecule has 2 aromatic heterocycles. The Morgan fingerprint density at radius 2 is 1.96 bits per heavy atom. The number of anilines is 1. The first-order chi connectivity index (χ1) is 13.2. The average Bonchev–Trinajstić information content (AvgIpc) is 2.93. The summed E-state index contributed by atoms with van der Waals surface area (Å²) in [6.45, 7) is 12.1. The fraction of sp³-hybridized carbons (Fsp3) is 0.667. The van der Waals surface area contributed by atoms with Crippen molar-refractivity contribution in [2.45, 2.75) is 40.5 Å². The van der Waals surface area contributed by atoms with Crippen molar-refractivity contribution in [3.05, 3.63) is 16.8 Å². The number of thiophene rings is 1. The molecular weight excluding hydrogens is 370 g/mol. The van der Waals surface area contributed by atoms with Gasteiger partial charge in [-0.15, -0.1) is 11.3 Å². The van der Waals surface area contributed by atoms with Gasteiger partial charge in [0.05, 0.1) is 5.39 Å². The molecule has 0 aromatic carbocycles. The third kappa shape index (κ3) is 4.63. The van der Waals surface area contributed by atoms with Gasteiger partial charge in [-0.1, -0.05) is 13.8 Å². The van der Waals surface area contributed by atoms with Crippen LogP contribution in [0.5, 0.6) is 0 Å². The van der Waals surface area contributed by atoms with Crippen molar-refractivity contribution in [3.63, 3.8) is 0 Å². The highest BCUT2D eigenvalue weighted by atomic mass is 32.1. The van der Waals surface area contributed by atoms with Crippen LogP contribution in [0.1, 0.15) is 37.1 Å². The minimum absolute atomic E-state index is 0.0702. The number of carbonyl (C=O) groups excluding carboxylic acids is 1. The molecule has 0 spiro atoms. The Labute approximate surface area is 172 Å². The Morgan fingerprint density at radius 1 is 1.29 bits per heavy atom. The first kappa shape index (κ1) is 21.0. The first-order valence-corrected chi connectivity index (χ1v) is 10.9. The van der Waals surface area contributed by atoms with Crippen molar-refractivity contribution in [1.29, 1.82) is 0 Å². The fourth-order valence-corrected chi connectivity index (χ4v) is 5.13. The molecule has 3 rings (SSSR count). The zero-order chi connectivity index (χ0) is 20.5. The van der Waals surface area contributed by atoms with Gasteiger partial charge in [0, 0.05) is 37.0 Å². The van der Waals surface area contributed by atoms with Gasteiger partial charge in [0.25, 0.3) is 0 Å². The van der Waals surface area contributed by atoms with Gasteiger partial charge in [-0.25, -0.2) is 9.97 Å². The standard InChI is InChI=1S/C21H33N5OS/c1-14-15(2)28-20-17(14)18(23-13-24-20)26-9-7-16(8-10-26)19(27)22-11-21(3,4)12-25(5)6/h13,16H,7-12H2,1-6H3,(H,22,27). The number of fused-ring (bicyclic) bond motifs is 1. The van der Waals surface area contributed by atoms with E-state index in [0.717, 1.165) is 43.1 Å². The molecule has 1 aliphatic rings. The predicted molar refractivity (Wildman–Crippen MR) is 117 cm³/mol. The normalized spacial score (nSPS) is 16.2. The van der Waals surface area contributed by atoms with Gasteiger partial charge in [0.2, 0.25) is 5.91 Å². The molecule has 28 heavy (non-hydrogen) atoms. The molecule has 0 unspecified atom stereocenters. The van der Waals surface area contributed by atoms with Gasteiger partial charge in [0.15, 0.2) is 0 Å². The molecule has 0 saturated carbocycles. The van der Waals surface area contributed by atoms with Crippen LogP contribution in [0.4, 0.5) is 5.82 Å². The van der Waals surface area contributed by atoms with Crippen LogP contribution in [0.15, 0.2) is 6.33 Å². The van der Waals surface area contributed by atoms with Crippen LogP contribution in [-0.4, -0.2) is 61.0 Å².